The maximum absolute atomic E-state index is 12.9. The highest BCUT2D eigenvalue weighted by Crippen LogP contribution is 2.18. The molecule has 0 aromatic carbocycles. The van der Waals surface area contributed by atoms with Gasteiger partial charge in [-0.25, -0.2) is 0 Å². The van der Waals surface area contributed by atoms with E-state index in [4.69, 9.17) is 14.2 Å². The third-order valence-corrected chi connectivity index (χ3v) is 15.6. The molecular formula is C76H134O6. The van der Waals surface area contributed by atoms with Crippen LogP contribution in [0.15, 0.2) is 85.1 Å². The lowest BCUT2D eigenvalue weighted by Crippen LogP contribution is -2.30. The van der Waals surface area contributed by atoms with E-state index >= 15 is 0 Å². The summed E-state index contributed by atoms with van der Waals surface area (Å²) in [5, 5.41) is 0. The van der Waals surface area contributed by atoms with E-state index in [9.17, 15) is 14.4 Å². The van der Waals surface area contributed by atoms with Gasteiger partial charge in [0.15, 0.2) is 6.10 Å². The second-order valence-corrected chi connectivity index (χ2v) is 23.8. The van der Waals surface area contributed by atoms with E-state index in [2.05, 4.69) is 106 Å². The molecule has 0 spiro atoms. The van der Waals surface area contributed by atoms with Crippen LogP contribution in [0.25, 0.3) is 0 Å². The minimum Gasteiger partial charge on any atom is -0.462 e. The van der Waals surface area contributed by atoms with E-state index in [0.717, 1.165) is 96.3 Å². The quantitative estimate of drug-likeness (QED) is 0.0261. The van der Waals surface area contributed by atoms with Gasteiger partial charge in [0.05, 0.1) is 0 Å². The van der Waals surface area contributed by atoms with Crippen LogP contribution in [0, 0.1) is 0 Å². The molecule has 0 aromatic heterocycles. The van der Waals surface area contributed by atoms with E-state index < -0.39 is 6.10 Å². The van der Waals surface area contributed by atoms with Crippen molar-refractivity contribution < 1.29 is 28.6 Å². The molecule has 0 saturated heterocycles. The Bertz CT molecular complexity index is 1550. The first kappa shape index (κ1) is 78.6. The van der Waals surface area contributed by atoms with Gasteiger partial charge < -0.3 is 14.2 Å². The zero-order valence-corrected chi connectivity index (χ0v) is 54.5. The first-order valence-corrected chi connectivity index (χ1v) is 35.6. The van der Waals surface area contributed by atoms with Crippen LogP contribution in [-0.4, -0.2) is 37.2 Å². The highest BCUT2D eigenvalue weighted by atomic mass is 16.6. The van der Waals surface area contributed by atoms with Crippen molar-refractivity contribution in [3.63, 3.8) is 0 Å². The summed E-state index contributed by atoms with van der Waals surface area (Å²) in [5.74, 6) is -0.859. The van der Waals surface area contributed by atoms with Crippen molar-refractivity contribution in [2.24, 2.45) is 0 Å². The molecule has 0 amide bonds. The minimum atomic E-state index is -0.776. The van der Waals surface area contributed by atoms with E-state index in [1.165, 1.54) is 225 Å². The summed E-state index contributed by atoms with van der Waals surface area (Å²) in [6.07, 6.45) is 93.4. The van der Waals surface area contributed by atoms with Gasteiger partial charge >= 0.3 is 17.9 Å². The van der Waals surface area contributed by atoms with Gasteiger partial charge in [-0.15, -0.1) is 0 Å². The summed E-state index contributed by atoms with van der Waals surface area (Å²) in [4.78, 5) is 38.3. The van der Waals surface area contributed by atoms with Crippen molar-refractivity contribution >= 4 is 17.9 Å². The number of unbranched alkanes of at least 4 members (excludes halogenated alkanes) is 40. The molecular weight excluding hydrogens is 1010 g/mol. The maximum Gasteiger partial charge on any atom is 0.306 e. The van der Waals surface area contributed by atoms with E-state index in [-0.39, 0.29) is 31.1 Å². The fourth-order valence-electron chi connectivity index (χ4n) is 10.3. The van der Waals surface area contributed by atoms with Crippen LogP contribution in [0.4, 0.5) is 0 Å². The average Bonchev–Trinajstić information content (AvgIpc) is 3.48. The summed E-state index contributed by atoms with van der Waals surface area (Å²) in [6, 6.07) is 0. The van der Waals surface area contributed by atoms with Crippen molar-refractivity contribution in [2.45, 2.75) is 367 Å². The van der Waals surface area contributed by atoms with Gasteiger partial charge in [0.2, 0.25) is 0 Å². The molecule has 0 aliphatic heterocycles. The molecule has 6 nitrogen and oxygen atoms in total. The predicted molar refractivity (Wildman–Crippen MR) is 358 cm³/mol. The molecule has 1 atom stereocenters. The Hall–Kier alpha value is -3.41. The Balaban J connectivity index is 4.12. The summed E-state index contributed by atoms with van der Waals surface area (Å²) in [6.45, 7) is 6.55. The Morgan fingerprint density at radius 2 is 0.476 bits per heavy atom. The number of allylic oxidation sites excluding steroid dienone is 14. The van der Waals surface area contributed by atoms with Crippen LogP contribution in [0.1, 0.15) is 361 Å². The summed E-state index contributed by atoms with van der Waals surface area (Å²) in [5.41, 5.74) is 0. The maximum atomic E-state index is 12.9. The van der Waals surface area contributed by atoms with Gasteiger partial charge in [-0.2, -0.15) is 0 Å². The number of hydrogen-bond donors (Lipinski definition) is 0. The van der Waals surface area contributed by atoms with Crippen LogP contribution in [0.2, 0.25) is 0 Å². The van der Waals surface area contributed by atoms with Crippen molar-refractivity contribution in [3.8, 4) is 0 Å². The van der Waals surface area contributed by atoms with Gasteiger partial charge in [-0.3, -0.25) is 14.4 Å². The zero-order chi connectivity index (χ0) is 59.2. The Labute approximate surface area is 509 Å². The number of rotatable bonds is 65. The molecule has 0 saturated carbocycles. The SMILES string of the molecule is CC/C=C\C/C=C\C/C=C\C/C=C\C/C=C\CCCCCCCCCCCCCCCCCCCC(=O)OCC(COC(=O)CCCCCCCCCCCC)OC(=O)CCCCCCCCCCC/C=C\C/C=C\CCCCCCC. The minimum absolute atomic E-state index is 0.0726. The van der Waals surface area contributed by atoms with Crippen molar-refractivity contribution in [3.05, 3.63) is 85.1 Å². The Kier molecular flexibility index (Phi) is 67.2. The fourth-order valence-corrected chi connectivity index (χ4v) is 10.3. The summed E-state index contributed by atoms with van der Waals surface area (Å²) < 4.78 is 16.9. The number of carbonyl (C=O) groups excluding carboxylic acids is 3. The van der Waals surface area contributed by atoms with Gasteiger partial charge in [-0.1, -0.05) is 331 Å². The molecule has 474 valence electrons. The predicted octanol–water partition coefficient (Wildman–Crippen LogP) is 24.6. The van der Waals surface area contributed by atoms with Gasteiger partial charge in [0.1, 0.15) is 13.2 Å². The van der Waals surface area contributed by atoms with Crippen molar-refractivity contribution in [1.82, 2.24) is 0 Å². The number of ether oxygens (including phenoxy) is 3. The number of hydrogen-bond acceptors (Lipinski definition) is 6. The van der Waals surface area contributed by atoms with E-state index in [0.29, 0.717) is 19.3 Å². The average molecular weight is 1140 g/mol. The number of esters is 3. The van der Waals surface area contributed by atoms with Crippen molar-refractivity contribution in [1.29, 1.82) is 0 Å². The van der Waals surface area contributed by atoms with Crippen LogP contribution >= 0.6 is 0 Å². The van der Waals surface area contributed by atoms with E-state index in [1.54, 1.807) is 0 Å². The molecule has 0 bridgehead atoms. The molecule has 6 heteroatoms. The number of carbonyl (C=O) groups is 3. The molecule has 0 N–H and O–H groups in total. The topological polar surface area (TPSA) is 78.9 Å². The second-order valence-electron chi connectivity index (χ2n) is 23.8. The lowest BCUT2D eigenvalue weighted by Gasteiger charge is -2.18. The highest BCUT2D eigenvalue weighted by Gasteiger charge is 2.19. The largest absolute Gasteiger partial charge is 0.462 e. The van der Waals surface area contributed by atoms with Crippen LogP contribution < -0.4 is 0 Å². The molecule has 0 aromatic rings. The molecule has 0 fully saturated rings. The van der Waals surface area contributed by atoms with Crippen LogP contribution in [0.5, 0.6) is 0 Å². The molecule has 0 rings (SSSR count). The highest BCUT2D eigenvalue weighted by molar-refractivity contribution is 5.71. The summed E-state index contributed by atoms with van der Waals surface area (Å²) in [7, 11) is 0. The zero-order valence-electron chi connectivity index (χ0n) is 54.5. The molecule has 0 aliphatic carbocycles. The van der Waals surface area contributed by atoms with Crippen molar-refractivity contribution in [2.75, 3.05) is 13.2 Å². The van der Waals surface area contributed by atoms with Gasteiger partial charge in [0, 0.05) is 19.3 Å². The molecule has 1 unspecified atom stereocenters. The molecule has 82 heavy (non-hydrogen) atoms. The standard InChI is InChI=1S/C76H134O6/c1-4-7-10-13-16-19-22-24-26-28-30-32-33-34-35-36-37-38-39-40-41-42-43-45-46-48-50-52-54-57-60-63-66-69-75(78)81-72-73(71-80-74(77)68-65-62-59-56-21-18-15-12-9-6-3)82-76(79)70-67-64-61-58-55-53-51-49-47-44-31-29-27-25-23-20-17-14-11-8-5-2/h7,10,16,19,23-26,29-32,34-35,73H,4-6,8-9,11-15,17-18,20-22,27-28,33,36-72H2,1-3H3/b10-7-,19-16-,25-23-,26-24-,31-29-,32-30-,35-34-. The third-order valence-electron chi connectivity index (χ3n) is 15.6. The smallest absolute Gasteiger partial charge is 0.306 e. The Morgan fingerprint density at radius 1 is 0.256 bits per heavy atom. The lowest BCUT2D eigenvalue weighted by atomic mass is 10.0. The van der Waals surface area contributed by atoms with Crippen LogP contribution in [-0.2, 0) is 28.6 Å². The van der Waals surface area contributed by atoms with Crippen LogP contribution in [0.3, 0.4) is 0 Å². The first-order chi connectivity index (χ1) is 40.5. The van der Waals surface area contributed by atoms with Gasteiger partial charge in [-0.05, 0) is 96.3 Å². The summed E-state index contributed by atoms with van der Waals surface area (Å²) >= 11 is 0. The Morgan fingerprint density at radius 3 is 0.744 bits per heavy atom. The second kappa shape index (κ2) is 70.1. The van der Waals surface area contributed by atoms with E-state index in [1.807, 2.05) is 0 Å². The molecule has 0 radical (unpaired) electrons. The molecule has 0 heterocycles. The molecule has 0 aliphatic rings. The first-order valence-electron chi connectivity index (χ1n) is 35.6. The normalized spacial score (nSPS) is 12.6. The third kappa shape index (κ3) is 67.4. The van der Waals surface area contributed by atoms with Gasteiger partial charge in [0.25, 0.3) is 0 Å². The monoisotopic (exact) mass is 1140 g/mol. The fraction of sp³-hybridized carbons (Fsp3) is 0.776. The lowest BCUT2D eigenvalue weighted by molar-refractivity contribution is -0.167.